The van der Waals surface area contributed by atoms with E-state index in [1.54, 1.807) is 47.4 Å². The number of benzene rings is 4. The standard InChI is InChI=1S/C24H26FN5O.C16H24N2O2.C13H11ClFN3O.ClH/c25-21-4-2-1-3-18(21)14-28-22-13-23(29-15-20(22)24(26)31)30-19-7-5-16(6-8-19)17-9-11-27-12-10-17;1-16(2,3)20-15(19)18-10-8-13(9-11-18)12-4-6-14(17)7-5-12;14-12-5-11(9(7-18-12)13(16)19)17-6-8-3-1-2-4-10(8)15;/h1-8,13,15,17,27H,9-12,14H2,(H2,26,31)(H2,28,29,30);4-7,13H,8-11,17H2,1-3H3;1-5,7H,6H2,(H2,16,19)(H,17,18);1H. The maximum absolute atomic E-state index is 13.9. The number of carbonyl (C=O) groups excluding carboxylic acids is 3. The van der Waals surface area contributed by atoms with Crippen LogP contribution in [0.25, 0.3) is 0 Å². The van der Waals surface area contributed by atoms with Crippen LogP contribution in [0.4, 0.5) is 42.1 Å². The van der Waals surface area contributed by atoms with Crippen LogP contribution in [0, 0.1) is 11.6 Å². The second-order valence-electron chi connectivity index (χ2n) is 18.0. The van der Waals surface area contributed by atoms with Crippen LogP contribution in [0.1, 0.15) is 101 Å². The lowest BCUT2D eigenvalue weighted by molar-refractivity contribution is 0.0204. The molecule has 3 amide bonds. The molecule has 18 heteroatoms. The summed E-state index contributed by atoms with van der Waals surface area (Å²) in [4.78, 5) is 44.9. The van der Waals surface area contributed by atoms with Crippen molar-refractivity contribution in [3.05, 3.63) is 172 Å². The van der Waals surface area contributed by atoms with Gasteiger partial charge in [-0.3, -0.25) is 9.59 Å². The van der Waals surface area contributed by atoms with Gasteiger partial charge in [-0.25, -0.2) is 23.5 Å². The second-order valence-corrected chi connectivity index (χ2v) is 18.4. The van der Waals surface area contributed by atoms with Gasteiger partial charge in [-0.2, -0.15) is 0 Å². The van der Waals surface area contributed by atoms with E-state index in [9.17, 15) is 23.2 Å². The SMILES string of the molecule is CC(C)(C)OC(=O)N1CCC(c2ccc(N)cc2)CC1.Cl.NC(=O)c1cnc(Cl)cc1NCc1ccccc1F.NC(=O)c1cnc(Nc2ccc(C3CCNCC3)cc2)cc1NCc1ccccc1F. The zero-order chi connectivity index (χ0) is 50.2. The molecule has 4 heterocycles. The Kier molecular flexibility index (Phi) is 20.3. The van der Waals surface area contributed by atoms with Crippen LogP contribution in [-0.2, 0) is 17.8 Å². The third-order valence-corrected chi connectivity index (χ3v) is 11.9. The van der Waals surface area contributed by atoms with E-state index in [0.717, 1.165) is 63.2 Å². The monoisotopic (exact) mass is 1010 g/mol. The van der Waals surface area contributed by atoms with Gasteiger partial charge in [0.2, 0.25) is 0 Å². The van der Waals surface area contributed by atoms with E-state index in [0.29, 0.717) is 40.2 Å². The minimum Gasteiger partial charge on any atom is -0.444 e. The van der Waals surface area contributed by atoms with Crippen LogP contribution in [0.15, 0.2) is 122 Å². The minimum absolute atomic E-state index is 0. The molecule has 10 N–H and O–H groups in total. The predicted octanol–water partition coefficient (Wildman–Crippen LogP) is 10.5. The summed E-state index contributed by atoms with van der Waals surface area (Å²) in [6.07, 6.45) is 6.77. The second kappa shape index (κ2) is 26.3. The van der Waals surface area contributed by atoms with Gasteiger partial charge in [0.1, 0.15) is 28.2 Å². The highest BCUT2D eigenvalue weighted by molar-refractivity contribution is 6.29. The summed E-state index contributed by atoms with van der Waals surface area (Å²) in [5.41, 5.74) is 22.7. The molecule has 6 aromatic rings. The van der Waals surface area contributed by atoms with Gasteiger partial charge in [-0.15, -0.1) is 12.4 Å². The average Bonchev–Trinajstić information content (AvgIpc) is 3.34. The highest BCUT2D eigenvalue weighted by Crippen LogP contribution is 2.30. The predicted molar refractivity (Wildman–Crippen MR) is 280 cm³/mol. The van der Waals surface area contributed by atoms with E-state index < -0.39 is 17.4 Å². The van der Waals surface area contributed by atoms with Crippen molar-refractivity contribution in [2.24, 2.45) is 11.5 Å². The van der Waals surface area contributed by atoms with Crippen LogP contribution in [0.2, 0.25) is 5.15 Å². The molecule has 0 bridgehead atoms. The smallest absolute Gasteiger partial charge is 0.410 e. The lowest BCUT2D eigenvalue weighted by atomic mass is 9.89. The Labute approximate surface area is 424 Å². The molecule has 0 aliphatic carbocycles. The van der Waals surface area contributed by atoms with E-state index in [4.69, 9.17) is 33.5 Å². The number of likely N-dealkylation sites (tertiary alicyclic amines) is 1. The Morgan fingerprint density at radius 3 is 1.70 bits per heavy atom. The van der Waals surface area contributed by atoms with E-state index in [2.05, 4.69) is 55.5 Å². The third-order valence-electron chi connectivity index (χ3n) is 11.7. The molecule has 14 nitrogen and oxygen atoms in total. The summed E-state index contributed by atoms with van der Waals surface area (Å²) >= 11 is 5.76. The van der Waals surface area contributed by atoms with E-state index >= 15 is 0 Å². The summed E-state index contributed by atoms with van der Waals surface area (Å²) in [6.45, 7) is 9.75. The van der Waals surface area contributed by atoms with Crippen molar-refractivity contribution in [3.8, 4) is 0 Å². The highest BCUT2D eigenvalue weighted by Gasteiger charge is 2.27. The zero-order valence-electron chi connectivity index (χ0n) is 40.0. The van der Waals surface area contributed by atoms with Crippen molar-refractivity contribution >= 4 is 70.5 Å². The van der Waals surface area contributed by atoms with Crippen LogP contribution in [-0.4, -0.2) is 64.6 Å². The Morgan fingerprint density at radius 1 is 0.718 bits per heavy atom. The number of nitrogens with zero attached hydrogens (tertiary/aromatic N) is 3. The van der Waals surface area contributed by atoms with Crippen molar-refractivity contribution in [2.75, 3.05) is 47.9 Å². The summed E-state index contributed by atoms with van der Waals surface area (Å²) in [5.74, 6) is -0.184. The molecule has 2 aromatic heterocycles. The Balaban J connectivity index is 0.000000206. The quantitative estimate of drug-likeness (QED) is 0.0452. The fraction of sp³-hybridized carbons (Fsp3) is 0.302. The molecule has 2 aliphatic rings. The fourth-order valence-electron chi connectivity index (χ4n) is 7.94. The number of carbonyl (C=O) groups is 3. The minimum atomic E-state index is -0.625. The average molecular weight is 1010 g/mol. The first-order valence-electron chi connectivity index (χ1n) is 23.1. The van der Waals surface area contributed by atoms with Crippen LogP contribution in [0.3, 0.4) is 0 Å². The first-order chi connectivity index (χ1) is 33.5. The van der Waals surface area contributed by atoms with Gasteiger partial charge in [0.25, 0.3) is 11.8 Å². The van der Waals surface area contributed by atoms with E-state index in [1.165, 1.54) is 41.7 Å². The van der Waals surface area contributed by atoms with Crippen molar-refractivity contribution in [2.45, 2.75) is 77.0 Å². The van der Waals surface area contributed by atoms with Crippen molar-refractivity contribution < 1.29 is 27.9 Å². The summed E-state index contributed by atoms with van der Waals surface area (Å²) in [6, 6.07) is 32.5. The molecular weight excluding hydrogens is 950 g/mol. The van der Waals surface area contributed by atoms with Gasteiger partial charge in [0, 0.05) is 67.1 Å². The number of piperidine rings is 2. The maximum Gasteiger partial charge on any atom is 0.410 e. The summed E-state index contributed by atoms with van der Waals surface area (Å²) in [5, 5.41) is 12.9. The van der Waals surface area contributed by atoms with Gasteiger partial charge < -0.3 is 48.1 Å². The molecule has 2 saturated heterocycles. The molecule has 0 radical (unpaired) electrons. The number of halogens is 4. The number of amides is 3. The number of hydrogen-bond donors (Lipinski definition) is 7. The number of pyridine rings is 2. The molecule has 0 spiro atoms. The van der Waals surface area contributed by atoms with Crippen molar-refractivity contribution in [1.82, 2.24) is 20.2 Å². The number of aromatic nitrogens is 2. The normalized spacial score (nSPS) is 13.7. The van der Waals surface area contributed by atoms with Crippen LogP contribution in [0.5, 0.6) is 0 Å². The molecule has 2 fully saturated rings. The number of nitrogens with one attached hydrogen (secondary N) is 4. The molecule has 4 aromatic carbocycles. The third kappa shape index (κ3) is 16.8. The molecule has 71 heavy (non-hydrogen) atoms. The largest absolute Gasteiger partial charge is 0.444 e. The number of hydrogen-bond acceptors (Lipinski definition) is 11. The molecule has 376 valence electrons. The number of anilines is 5. The number of nitrogen functional groups attached to an aromatic ring is 1. The summed E-state index contributed by atoms with van der Waals surface area (Å²) < 4.78 is 32.8. The van der Waals surface area contributed by atoms with E-state index in [1.807, 2.05) is 45.0 Å². The number of rotatable bonds is 12. The topological polar surface area (TPSA) is 216 Å². The molecule has 0 unspecified atom stereocenters. The van der Waals surface area contributed by atoms with Crippen LogP contribution < -0.4 is 38.5 Å². The van der Waals surface area contributed by atoms with Gasteiger partial charge >= 0.3 is 6.09 Å². The number of ether oxygens (including phenoxy) is 1. The Hall–Kier alpha value is -7.01. The van der Waals surface area contributed by atoms with Crippen molar-refractivity contribution in [1.29, 1.82) is 0 Å². The summed E-state index contributed by atoms with van der Waals surface area (Å²) in [7, 11) is 0. The fourth-order valence-corrected chi connectivity index (χ4v) is 8.09. The maximum atomic E-state index is 13.9. The van der Waals surface area contributed by atoms with Gasteiger partial charge in [0.05, 0.1) is 22.5 Å². The van der Waals surface area contributed by atoms with Crippen molar-refractivity contribution in [3.63, 3.8) is 0 Å². The molecule has 2 aliphatic heterocycles. The first-order valence-corrected chi connectivity index (χ1v) is 23.5. The Morgan fingerprint density at radius 2 is 1.20 bits per heavy atom. The lowest BCUT2D eigenvalue weighted by Gasteiger charge is -2.33. The van der Waals surface area contributed by atoms with Gasteiger partial charge in [-0.05, 0) is 125 Å². The number of nitrogens with two attached hydrogens (primary N) is 3. The number of primary amides is 2. The van der Waals surface area contributed by atoms with Gasteiger partial charge in [-0.1, -0.05) is 72.3 Å². The van der Waals surface area contributed by atoms with Gasteiger partial charge in [0.15, 0.2) is 0 Å². The zero-order valence-corrected chi connectivity index (χ0v) is 41.6. The lowest BCUT2D eigenvalue weighted by Crippen LogP contribution is -2.41. The first kappa shape index (κ1) is 54.9. The molecule has 8 rings (SSSR count). The van der Waals surface area contributed by atoms with E-state index in [-0.39, 0.29) is 59.5 Å². The van der Waals surface area contributed by atoms with Crippen LogP contribution >= 0.6 is 24.0 Å². The highest BCUT2D eigenvalue weighted by atomic mass is 35.5. The molecule has 0 saturated carbocycles. The Bertz CT molecular complexity index is 2700. The molecular formula is C53H62Cl2F2N10O4. The molecule has 0 atom stereocenters.